The number of imidazole rings is 1. The molecule has 4 aromatic rings. The van der Waals surface area contributed by atoms with Crippen molar-refractivity contribution >= 4 is 11.6 Å². The fourth-order valence-electron chi connectivity index (χ4n) is 4.18. The molecule has 0 atom stereocenters. The van der Waals surface area contributed by atoms with E-state index in [-0.39, 0.29) is 0 Å². The van der Waals surface area contributed by atoms with Crippen LogP contribution in [0.25, 0.3) is 22.6 Å². The van der Waals surface area contributed by atoms with E-state index in [1.54, 1.807) is 0 Å². The smallest absolute Gasteiger partial charge is 0.140 e. The Morgan fingerprint density at radius 3 is 2.03 bits per heavy atom. The third-order valence-corrected chi connectivity index (χ3v) is 6.28. The summed E-state index contributed by atoms with van der Waals surface area (Å²) in [6.07, 6.45) is 2.27. The van der Waals surface area contributed by atoms with E-state index in [0.29, 0.717) is 0 Å². The first kappa shape index (κ1) is 23.3. The molecule has 0 aliphatic carbocycles. The number of halogens is 1. The molecule has 4 heteroatoms. The van der Waals surface area contributed by atoms with Crippen LogP contribution in [0.1, 0.15) is 37.9 Å². The molecule has 33 heavy (non-hydrogen) atoms. The molecule has 1 aromatic heterocycles. The Morgan fingerprint density at radius 2 is 1.42 bits per heavy atom. The number of aromatic nitrogens is 2. The number of hydrogen-bond donors (Lipinski definition) is 0. The number of rotatable bonds is 10. The molecule has 0 unspecified atom stereocenters. The van der Waals surface area contributed by atoms with Crippen LogP contribution in [-0.4, -0.2) is 21.0 Å². The van der Waals surface area contributed by atoms with Gasteiger partial charge in [-0.2, -0.15) is 0 Å². The third-order valence-electron chi connectivity index (χ3n) is 6.03. The van der Waals surface area contributed by atoms with E-state index in [9.17, 15) is 0 Å². The molecule has 3 aromatic carbocycles. The largest absolute Gasteiger partial charge is 0.326 e. The van der Waals surface area contributed by atoms with Gasteiger partial charge in [-0.25, -0.2) is 4.98 Å². The molecule has 0 aliphatic heterocycles. The maximum absolute atomic E-state index is 6.11. The summed E-state index contributed by atoms with van der Waals surface area (Å²) in [5, 5.41) is 0.776. The van der Waals surface area contributed by atoms with Gasteiger partial charge in [-0.15, -0.1) is 0 Å². The van der Waals surface area contributed by atoms with Gasteiger partial charge in [0.1, 0.15) is 5.82 Å². The Labute approximate surface area is 202 Å². The number of nitrogens with zero attached hydrogens (tertiary/aromatic N) is 3. The van der Waals surface area contributed by atoms with Gasteiger partial charge in [0.15, 0.2) is 0 Å². The summed E-state index contributed by atoms with van der Waals surface area (Å²) in [5.74, 6) is 1.06. The topological polar surface area (TPSA) is 21.1 Å². The second kappa shape index (κ2) is 11.3. The molecule has 170 valence electrons. The Hall–Kier alpha value is -2.88. The standard InChI is InChI=1S/C29H32ClN3/c1-3-5-20-33-27(22-32(4-2)21-23-16-18-26(30)19-17-23)28(24-12-8-6-9-13-24)31-29(33)25-14-10-7-11-15-25/h6-19H,3-5,20-22H2,1-2H3. The lowest BCUT2D eigenvalue weighted by Crippen LogP contribution is -2.24. The van der Waals surface area contributed by atoms with Crippen LogP contribution >= 0.6 is 11.6 Å². The van der Waals surface area contributed by atoms with Crippen LogP contribution in [0.5, 0.6) is 0 Å². The van der Waals surface area contributed by atoms with Crippen molar-refractivity contribution in [2.75, 3.05) is 6.54 Å². The predicted octanol–water partition coefficient (Wildman–Crippen LogP) is 7.69. The minimum absolute atomic E-state index is 0.776. The maximum atomic E-state index is 6.11. The monoisotopic (exact) mass is 457 g/mol. The summed E-state index contributed by atoms with van der Waals surface area (Å²) < 4.78 is 2.45. The quantitative estimate of drug-likeness (QED) is 0.243. The van der Waals surface area contributed by atoms with Crippen molar-refractivity contribution in [3.8, 4) is 22.6 Å². The predicted molar refractivity (Wildman–Crippen MR) is 139 cm³/mol. The van der Waals surface area contributed by atoms with Gasteiger partial charge in [0, 0.05) is 35.8 Å². The summed E-state index contributed by atoms with van der Waals surface area (Å²) >= 11 is 6.11. The highest BCUT2D eigenvalue weighted by molar-refractivity contribution is 6.30. The fourth-order valence-corrected chi connectivity index (χ4v) is 4.30. The third kappa shape index (κ3) is 5.73. The molecule has 4 rings (SSSR count). The van der Waals surface area contributed by atoms with Crippen LogP contribution < -0.4 is 0 Å². The molecular weight excluding hydrogens is 426 g/mol. The van der Waals surface area contributed by atoms with Crippen LogP contribution in [0, 0.1) is 0 Å². The molecule has 0 amide bonds. The zero-order valence-corrected chi connectivity index (χ0v) is 20.3. The minimum atomic E-state index is 0.776. The average molecular weight is 458 g/mol. The summed E-state index contributed by atoms with van der Waals surface area (Å²) in [4.78, 5) is 7.70. The maximum Gasteiger partial charge on any atom is 0.140 e. The van der Waals surface area contributed by atoms with Crippen molar-refractivity contribution < 1.29 is 0 Å². The summed E-state index contributed by atoms with van der Waals surface area (Å²) in [5.41, 5.74) is 5.97. The van der Waals surface area contributed by atoms with Crippen LogP contribution in [0.3, 0.4) is 0 Å². The molecule has 0 fully saturated rings. The highest BCUT2D eigenvalue weighted by atomic mass is 35.5. The van der Waals surface area contributed by atoms with Gasteiger partial charge in [0.05, 0.1) is 11.4 Å². The molecular formula is C29H32ClN3. The van der Waals surface area contributed by atoms with Crippen LogP contribution in [0.15, 0.2) is 84.9 Å². The molecule has 0 saturated carbocycles. The van der Waals surface area contributed by atoms with Crippen LogP contribution in [0.4, 0.5) is 0 Å². The van der Waals surface area contributed by atoms with E-state index in [1.165, 1.54) is 16.8 Å². The van der Waals surface area contributed by atoms with Gasteiger partial charge < -0.3 is 4.57 Å². The van der Waals surface area contributed by atoms with Gasteiger partial charge in [0.2, 0.25) is 0 Å². The molecule has 0 N–H and O–H groups in total. The van der Waals surface area contributed by atoms with Crippen molar-refractivity contribution in [2.24, 2.45) is 0 Å². The second-order valence-electron chi connectivity index (χ2n) is 8.40. The Kier molecular flexibility index (Phi) is 7.98. The Bertz CT molecular complexity index is 1130. The lowest BCUT2D eigenvalue weighted by molar-refractivity contribution is 0.264. The van der Waals surface area contributed by atoms with Gasteiger partial charge in [-0.05, 0) is 30.7 Å². The fraction of sp³-hybridized carbons (Fsp3) is 0.276. The summed E-state index contributed by atoms with van der Waals surface area (Å²) in [6.45, 7) is 8.11. The molecule has 0 aliphatic rings. The number of benzene rings is 3. The van der Waals surface area contributed by atoms with E-state index in [4.69, 9.17) is 16.6 Å². The average Bonchev–Trinajstić information content (AvgIpc) is 3.22. The molecule has 0 radical (unpaired) electrons. The zero-order valence-electron chi connectivity index (χ0n) is 19.5. The Morgan fingerprint density at radius 1 is 0.788 bits per heavy atom. The lowest BCUT2D eigenvalue weighted by atomic mass is 10.1. The number of hydrogen-bond acceptors (Lipinski definition) is 2. The molecule has 1 heterocycles. The highest BCUT2D eigenvalue weighted by Crippen LogP contribution is 2.31. The van der Waals surface area contributed by atoms with Crippen molar-refractivity contribution in [1.82, 2.24) is 14.5 Å². The lowest BCUT2D eigenvalue weighted by Gasteiger charge is -2.23. The van der Waals surface area contributed by atoms with Crippen molar-refractivity contribution in [1.29, 1.82) is 0 Å². The highest BCUT2D eigenvalue weighted by Gasteiger charge is 2.21. The minimum Gasteiger partial charge on any atom is -0.326 e. The first-order valence-electron chi connectivity index (χ1n) is 11.9. The first-order valence-corrected chi connectivity index (χ1v) is 12.2. The molecule has 3 nitrogen and oxygen atoms in total. The van der Waals surface area contributed by atoms with E-state index in [1.807, 2.05) is 12.1 Å². The van der Waals surface area contributed by atoms with E-state index in [2.05, 4.69) is 96.1 Å². The van der Waals surface area contributed by atoms with E-state index < -0.39 is 0 Å². The normalized spacial score (nSPS) is 11.3. The van der Waals surface area contributed by atoms with Gasteiger partial charge in [-0.3, -0.25) is 4.90 Å². The molecule has 0 saturated heterocycles. The number of unbranched alkanes of at least 4 members (excludes halogenated alkanes) is 1. The van der Waals surface area contributed by atoms with Gasteiger partial charge >= 0.3 is 0 Å². The Balaban J connectivity index is 1.77. The molecule has 0 bridgehead atoms. The first-order chi connectivity index (χ1) is 16.2. The van der Waals surface area contributed by atoms with Crippen molar-refractivity contribution in [2.45, 2.75) is 46.3 Å². The second-order valence-corrected chi connectivity index (χ2v) is 8.83. The zero-order chi connectivity index (χ0) is 23.0. The van der Waals surface area contributed by atoms with Crippen molar-refractivity contribution in [3.05, 3.63) is 101 Å². The molecule has 0 spiro atoms. The van der Waals surface area contributed by atoms with Gasteiger partial charge in [-0.1, -0.05) is 105 Å². The van der Waals surface area contributed by atoms with Crippen molar-refractivity contribution in [3.63, 3.8) is 0 Å². The SMILES string of the molecule is CCCCn1c(-c2ccccc2)nc(-c2ccccc2)c1CN(CC)Cc1ccc(Cl)cc1. The van der Waals surface area contributed by atoms with Crippen LogP contribution in [0.2, 0.25) is 5.02 Å². The van der Waals surface area contributed by atoms with E-state index >= 15 is 0 Å². The van der Waals surface area contributed by atoms with E-state index in [0.717, 1.165) is 61.1 Å². The summed E-state index contributed by atoms with van der Waals surface area (Å²) in [7, 11) is 0. The summed E-state index contributed by atoms with van der Waals surface area (Å²) in [6, 6.07) is 29.3. The van der Waals surface area contributed by atoms with Gasteiger partial charge in [0.25, 0.3) is 0 Å². The van der Waals surface area contributed by atoms with Crippen LogP contribution in [-0.2, 0) is 19.6 Å².